The minimum absolute atomic E-state index is 0.141. The molecular formula is C18H23N. The summed E-state index contributed by atoms with van der Waals surface area (Å²) in [6, 6.07) is 21.1. The average molecular weight is 253 g/mol. The van der Waals surface area contributed by atoms with Gasteiger partial charge >= 0.3 is 0 Å². The van der Waals surface area contributed by atoms with Crippen LogP contribution in [0.1, 0.15) is 30.9 Å². The van der Waals surface area contributed by atoms with Crippen molar-refractivity contribution in [2.75, 3.05) is 0 Å². The SMILES string of the molecule is CCCC(N)(Cc1ccccc1)Cc1ccccc1. The molecule has 19 heavy (non-hydrogen) atoms. The van der Waals surface area contributed by atoms with Gasteiger partial charge in [0.2, 0.25) is 0 Å². The molecule has 2 aromatic carbocycles. The second-order valence-electron chi connectivity index (χ2n) is 5.44. The van der Waals surface area contributed by atoms with Crippen molar-refractivity contribution >= 4 is 0 Å². The van der Waals surface area contributed by atoms with E-state index >= 15 is 0 Å². The van der Waals surface area contributed by atoms with Gasteiger partial charge < -0.3 is 5.73 Å². The highest BCUT2D eigenvalue weighted by Gasteiger charge is 2.24. The van der Waals surface area contributed by atoms with E-state index in [2.05, 4.69) is 67.6 Å². The first-order chi connectivity index (χ1) is 9.22. The number of nitrogens with two attached hydrogens (primary N) is 1. The summed E-state index contributed by atoms with van der Waals surface area (Å²) in [6.07, 6.45) is 4.06. The first-order valence-corrected chi connectivity index (χ1v) is 7.08. The van der Waals surface area contributed by atoms with Crippen LogP contribution in [0.5, 0.6) is 0 Å². The van der Waals surface area contributed by atoms with E-state index in [9.17, 15) is 0 Å². The summed E-state index contributed by atoms with van der Waals surface area (Å²) in [4.78, 5) is 0. The van der Waals surface area contributed by atoms with Gasteiger partial charge in [-0.2, -0.15) is 0 Å². The van der Waals surface area contributed by atoms with Gasteiger partial charge in [-0.25, -0.2) is 0 Å². The van der Waals surface area contributed by atoms with Gasteiger partial charge in [-0.3, -0.25) is 0 Å². The molecule has 0 aliphatic carbocycles. The van der Waals surface area contributed by atoms with E-state index in [0.29, 0.717) is 0 Å². The van der Waals surface area contributed by atoms with E-state index in [1.165, 1.54) is 11.1 Å². The molecule has 0 unspecified atom stereocenters. The van der Waals surface area contributed by atoms with Gasteiger partial charge in [-0.15, -0.1) is 0 Å². The van der Waals surface area contributed by atoms with Crippen LogP contribution in [-0.2, 0) is 12.8 Å². The van der Waals surface area contributed by atoms with Gasteiger partial charge in [-0.1, -0.05) is 74.0 Å². The van der Waals surface area contributed by atoms with E-state index in [0.717, 1.165) is 25.7 Å². The number of rotatable bonds is 6. The predicted octanol–water partition coefficient (Wildman–Crippen LogP) is 3.97. The van der Waals surface area contributed by atoms with Crippen molar-refractivity contribution in [3.05, 3.63) is 71.8 Å². The lowest BCUT2D eigenvalue weighted by molar-refractivity contribution is 0.383. The van der Waals surface area contributed by atoms with Crippen LogP contribution in [-0.4, -0.2) is 5.54 Å². The van der Waals surface area contributed by atoms with Gasteiger partial charge in [0.1, 0.15) is 0 Å². The predicted molar refractivity (Wildman–Crippen MR) is 82.1 cm³/mol. The molecule has 0 aliphatic heterocycles. The van der Waals surface area contributed by atoms with Crippen LogP contribution in [0.15, 0.2) is 60.7 Å². The Morgan fingerprint density at radius 2 is 1.21 bits per heavy atom. The summed E-state index contributed by atoms with van der Waals surface area (Å²) in [5, 5.41) is 0. The highest BCUT2D eigenvalue weighted by atomic mass is 14.7. The molecule has 0 amide bonds. The minimum atomic E-state index is -0.141. The van der Waals surface area contributed by atoms with Crippen LogP contribution in [0.2, 0.25) is 0 Å². The quantitative estimate of drug-likeness (QED) is 0.828. The normalized spacial score (nSPS) is 11.5. The molecule has 100 valence electrons. The maximum absolute atomic E-state index is 6.67. The smallest absolute Gasteiger partial charge is 0.0235 e. The molecule has 1 nitrogen and oxygen atoms in total. The fourth-order valence-corrected chi connectivity index (χ4v) is 2.74. The Morgan fingerprint density at radius 1 is 0.789 bits per heavy atom. The molecule has 0 radical (unpaired) electrons. The molecule has 1 heteroatoms. The summed E-state index contributed by atoms with van der Waals surface area (Å²) in [5.74, 6) is 0. The molecule has 0 atom stereocenters. The van der Waals surface area contributed by atoms with Crippen LogP contribution in [0, 0.1) is 0 Å². The van der Waals surface area contributed by atoms with Crippen LogP contribution in [0.25, 0.3) is 0 Å². The summed E-state index contributed by atoms with van der Waals surface area (Å²) < 4.78 is 0. The van der Waals surface area contributed by atoms with Crippen LogP contribution >= 0.6 is 0 Å². The van der Waals surface area contributed by atoms with E-state index in [1.54, 1.807) is 0 Å². The van der Waals surface area contributed by atoms with Crippen molar-refractivity contribution in [1.82, 2.24) is 0 Å². The maximum Gasteiger partial charge on any atom is 0.0235 e. The van der Waals surface area contributed by atoms with Crippen molar-refractivity contribution in [1.29, 1.82) is 0 Å². The molecule has 0 saturated heterocycles. The molecule has 2 aromatic rings. The molecule has 0 aliphatic rings. The fourth-order valence-electron chi connectivity index (χ4n) is 2.74. The molecule has 2 rings (SSSR count). The lowest BCUT2D eigenvalue weighted by atomic mass is 9.82. The van der Waals surface area contributed by atoms with Gasteiger partial charge in [0.25, 0.3) is 0 Å². The van der Waals surface area contributed by atoms with Crippen molar-refractivity contribution in [3.63, 3.8) is 0 Å². The molecule has 0 fully saturated rings. The van der Waals surface area contributed by atoms with E-state index in [1.807, 2.05) is 0 Å². The standard InChI is InChI=1S/C18H23N/c1-2-13-18(19,14-16-9-5-3-6-10-16)15-17-11-7-4-8-12-17/h3-12H,2,13-15,19H2,1H3. The second-order valence-corrected chi connectivity index (χ2v) is 5.44. The third-order valence-electron chi connectivity index (χ3n) is 3.55. The lowest BCUT2D eigenvalue weighted by Crippen LogP contribution is -2.44. The lowest BCUT2D eigenvalue weighted by Gasteiger charge is -2.30. The van der Waals surface area contributed by atoms with Crippen LogP contribution in [0.4, 0.5) is 0 Å². The van der Waals surface area contributed by atoms with Gasteiger partial charge in [0.05, 0.1) is 0 Å². The summed E-state index contributed by atoms with van der Waals surface area (Å²) in [6.45, 7) is 2.21. The monoisotopic (exact) mass is 253 g/mol. The molecule has 0 heterocycles. The largest absolute Gasteiger partial charge is 0.324 e. The van der Waals surface area contributed by atoms with Gasteiger partial charge in [0.15, 0.2) is 0 Å². The van der Waals surface area contributed by atoms with E-state index in [4.69, 9.17) is 5.73 Å². The van der Waals surface area contributed by atoms with Gasteiger partial charge in [0, 0.05) is 5.54 Å². The second kappa shape index (κ2) is 6.53. The van der Waals surface area contributed by atoms with Crippen molar-refractivity contribution in [2.24, 2.45) is 5.73 Å². The fraction of sp³-hybridized carbons (Fsp3) is 0.333. The summed E-state index contributed by atoms with van der Waals surface area (Å²) in [5.41, 5.74) is 9.19. The van der Waals surface area contributed by atoms with Gasteiger partial charge in [-0.05, 0) is 30.4 Å². The first kappa shape index (κ1) is 13.8. The molecule has 0 spiro atoms. The molecule has 0 aromatic heterocycles. The highest BCUT2D eigenvalue weighted by Crippen LogP contribution is 2.21. The zero-order valence-electron chi connectivity index (χ0n) is 11.7. The molecule has 0 saturated carbocycles. The number of hydrogen-bond donors (Lipinski definition) is 1. The maximum atomic E-state index is 6.67. The third kappa shape index (κ3) is 4.22. The van der Waals surface area contributed by atoms with E-state index in [-0.39, 0.29) is 5.54 Å². The summed E-state index contributed by atoms with van der Waals surface area (Å²) >= 11 is 0. The Balaban J connectivity index is 2.13. The summed E-state index contributed by atoms with van der Waals surface area (Å²) in [7, 11) is 0. The van der Waals surface area contributed by atoms with Crippen molar-refractivity contribution < 1.29 is 0 Å². The Kier molecular flexibility index (Phi) is 4.75. The molecular weight excluding hydrogens is 230 g/mol. The first-order valence-electron chi connectivity index (χ1n) is 7.08. The Bertz CT molecular complexity index is 434. The Labute approximate surface area is 116 Å². The van der Waals surface area contributed by atoms with Crippen LogP contribution < -0.4 is 5.73 Å². The highest BCUT2D eigenvalue weighted by molar-refractivity contribution is 5.22. The van der Waals surface area contributed by atoms with Crippen LogP contribution in [0.3, 0.4) is 0 Å². The minimum Gasteiger partial charge on any atom is -0.324 e. The number of hydrogen-bond acceptors (Lipinski definition) is 1. The topological polar surface area (TPSA) is 26.0 Å². The zero-order valence-corrected chi connectivity index (χ0v) is 11.7. The zero-order chi connectivity index (χ0) is 13.6. The average Bonchev–Trinajstić information content (AvgIpc) is 2.41. The Hall–Kier alpha value is -1.60. The van der Waals surface area contributed by atoms with E-state index < -0.39 is 0 Å². The number of benzene rings is 2. The van der Waals surface area contributed by atoms with Crippen molar-refractivity contribution in [3.8, 4) is 0 Å². The van der Waals surface area contributed by atoms with Crippen molar-refractivity contribution in [2.45, 2.75) is 38.1 Å². The molecule has 2 N–H and O–H groups in total. The molecule has 0 bridgehead atoms. The third-order valence-corrected chi connectivity index (χ3v) is 3.55. The Morgan fingerprint density at radius 3 is 1.58 bits per heavy atom.